The molecule has 0 aliphatic carbocycles. The highest BCUT2D eigenvalue weighted by atomic mass is 16.5. The van der Waals surface area contributed by atoms with Crippen molar-refractivity contribution < 1.29 is 13.9 Å². The Morgan fingerprint density at radius 2 is 1.79 bits per heavy atom. The highest BCUT2D eigenvalue weighted by molar-refractivity contribution is 5.97. The van der Waals surface area contributed by atoms with E-state index in [1.165, 1.54) is 26.4 Å². The first-order valence-electron chi connectivity index (χ1n) is 11.8. The van der Waals surface area contributed by atoms with Crippen molar-refractivity contribution in [1.29, 1.82) is 0 Å². The molecule has 9 heteroatoms. The number of aromatic nitrogens is 2. The van der Waals surface area contributed by atoms with Crippen molar-refractivity contribution in [2.24, 2.45) is 0 Å². The van der Waals surface area contributed by atoms with Crippen LogP contribution in [0.15, 0.2) is 45.6 Å². The van der Waals surface area contributed by atoms with Crippen LogP contribution in [0.1, 0.15) is 36.5 Å². The maximum absolute atomic E-state index is 13.1. The summed E-state index contributed by atoms with van der Waals surface area (Å²) >= 11 is 0. The van der Waals surface area contributed by atoms with Crippen LogP contribution >= 0.6 is 0 Å². The van der Waals surface area contributed by atoms with Crippen molar-refractivity contribution in [3.8, 4) is 5.75 Å². The van der Waals surface area contributed by atoms with Crippen LogP contribution in [0, 0.1) is 0 Å². The number of hydrogen-bond acceptors (Lipinski definition) is 8. The first kappa shape index (κ1) is 22.2. The Labute approximate surface area is 197 Å². The van der Waals surface area contributed by atoms with E-state index >= 15 is 0 Å². The lowest BCUT2D eigenvalue weighted by Crippen LogP contribution is -2.49. The van der Waals surface area contributed by atoms with Gasteiger partial charge in [0.2, 0.25) is 0 Å². The van der Waals surface area contributed by atoms with Gasteiger partial charge in [-0.2, -0.15) is 0 Å². The predicted octanol–water partition coefficient (Wildman–Crippen LogP) is 2.93. The number of hydrogen-bond donors (Lipinski definition) is 0. The van der Waals surface area contributed by atoms with Gasteiger partial charge in [-0.3, -0.25) is 4.79 Å². The molecule has 1 amide bonds. The molecule has 3 aromatic rings. The number of piperazine rings is 1. The molecule has 0 bridgehead atoms. The van der Waals surface area contributed by atoms with Gasteiger partial charge in [0.15, 0.2) is 23.0 Å². The fourth-order valence-corrected chi connectivity index (χ4v) is 4.82. The van der Waals surface area contributed by atoms with Gasteiger partial charge in [0, 0.05) is 44.2 Å². The summed E-state index contributed by atoms with van der Waals surface area (Å²) in [6.45, 7) is 5.46. The molecule has 2 aliphatic rings. The SMILES string of the molecule is COc1cccc2cc(C(=O)N3CCN(c4ccc(N5CCCCC5C)nn4)CC3)c(=O)oc12. The summed E-state index contributed by atoms with van der Waals surface area (Å²) < 4.78 is 10.7. The maximum atomic E-state index is 13.1. The van der Waals surface area contributed by atoms with Gasteiger partial charge in [-0.15, -0.1) is 10.2 Å². The van der Waals surface area contributed by atoms with E-state index in [0.717, 1.165) is 18.2 Å². The molecule has 5 rings (SSSR count). The molecule has 2 aliphatic heterocycles. The molecular formula is C25H29N5O4. The third kappa shape index (κ3) is 4.18. The summed E-state index contributed by atoms with van der Waals surface area (Å²) in [4.78, 5) is 31.8. The molecule has 2 aromatic heterocycles. The first-order valence-corrected chi connectivity index (χ1v) is 11.8. The fourth-order valence-electron chi connectivity index (χ4n) is 4.82. The number of fused-ring (bicyclic) bond motifs is 1. The molecule has 4 heterocycles. The quantitative estimate of drug-likeness (QED) is 0.546. The molecule has 0 radical (unpaired) electrons. The lowest BCUT2D eigenvalue weighted by Gasteiger charge is -2.36. The second kappa shape index (κ2) is 9.32. The Morgan fingerprint density at radius 3 is 2.50 bits per heavy atom. The number of carbonyl (C=O) groups is 1. The fraction of sp³-hybridized carbons (Fsp3) is 0.440. The Kier molecular flexibility index (Phi) is 6.08. The molecule has 1 aromatic carbocycles. The van der Waals surface area contributed by atoms with Gasteiger partial charge in [0.1, 0.15) is 5.56 Å². The van der Waals surface area contributed by atoms with Crippen LogP contribution < -0.4 is 20.2 Å². The second-order valence-electron chi connectivity index (χ2n) is 8.89. The molecule has 2 fully saturated rings. The Balaban J connectivity index is 1.26. The third-order valence-corrected chi connectivity index (χ3v) is 6.80. The van der Waals surface area contributed by atoms with E-state index in [9.17, 15) is 9.59 Å². The number of amides is 1. The summed E-state index contributed by atoms with van der Waals surface area (Å²) in [6.07, 6.45) is 3.64. The number of para-hydroxylation sites is 1. The topological polar surface area (TPSA) is 92.0 Å². The summed E-state index contributed by atoms with van der Waals surface area (Å²) in [5, 5.41) is 9.58. The molecule has 2 saturated heterocycles. The van der Waals surface area contributed by atoms with Crippen molar-refractivity contribution in [2.45, 2.75) is 32.2 Å². The van der Waals surface area contributed by atoms with E-state index < -0.39 is 5.63 Å². The van der Waals surface area contributed by atoms with Crippen LogP contribution in [-0.4, -0.2) is 66.9 Å². The molecule has 34 heavy (non-hydrogen) atoms. The van der Waals surface area contributed by atoms with Crippen LogP contribution in [0.25, 0.3) is 11.0 Å². The zero-order valence-corrected chi connectivity index (χ0v) is 19.6. The zero-order valence-electron chi connectivity index (χ0n) is 19.6. The van der Waals surface area contributed by atoms with E-state index in [0.29, 0.717) is 48.9 Å². The molecule has 9 nitrogen and oxygen atoms in total. The minimum atomic E-state index is -0.655. The van der Waals surface area contributed by atoms with E-state index in [2.05, 4.69) is 26.9 Å². The predicted molar refractivity (Wildman–Crippen MR) is 130 cm³/mol. The normalized spacial score (nSPS) is 18.9. The lowest BCUT2D eigenvalue weighted by atomic mass is 10.0. The van der Waals surface area contributed by atoms with Crippen LogP contribution in [0.4, 0.5) is 11.6 Å². The molecule has 1 unspecified atom stereocenters. The molecular weight excluding hydrogens is 434 g/mol. The molecule has 0 saturated carbocycles. The van der Waals surface area contributed by atoms with Gasteiger partial charge in [-0.05, 0) is 50.5 Å². The molecule has 0 N–H and O–H groups in total. The number of anilines is 2. The van der Waals surface area contributed by atoms with Gasteiger partial charge in [-0.25, -0.2) is 4.79 Å². The number of methoxy groups -OCH3 is 1. The summed E-state index contributed by atoms with van der Waals surface area (Å²) in [5.41, 5.74) is -0.274. The number of benzene rings is 1. The van der Waals surface area contributed by atoms with E-state index in [1.807, 2.05) is 12.1 Å². The van der Waals surface area contributed by atoms with Crippen LogP contribution in [0.2, 0.25) is 0 Å². The van der Waals surface area contributed by atoms with E-state index in [4.69, 9.17) is 9.15 Å². The Hall–Kier alpha value is -3.62. The average molecular weight is 464 g/mol. The van der Waals surface area contributed by atoms with Crippen molar-refractivity contribution in [3.05, 3.63) is 52.4 Å². The summed E-state index contributed by atoms with van der Waals surface area (Å²) in [7, 11) is 1.51. The van der Waals surface area contributed by atoms with Gasteiger partial charge in [0.05, 0.1) is 7.11 Å². The Bertz CT molecular complexity index is 1230. The smallest absolute Gasteiger partial charge is 0.349 e. The van der Waals surface area contributed by atoms with E-state index in [1.54, 1.807) is 29.2 Å². The summed E-state index contributed by atoms with van der Waals surface area (Å²) in [5.74, 6) is 1.87. The van der Waals surface area contributed by atoms with Gasteiger partial charge in [-0.1, -0.05) is 12.1 Å². The van der Waals surface area contributed by atoms with Crippen LogP contribution in [0.5, 0.6) is 5.75 Å². The number of ether oxygens (including phenoxy) is 1. The largest absolute Gasteiger partial charge is 0.493 e. The van der Waals surface area contributed by atoms with Gasteiger partial charge < -0.3 is 23.9 Å². The highest BCUT2D eigenvalue weighted by Crippen LogP contribution is 2.26. The minimum absolute atomic E-state index is 0.0361. The highest BCUT2D eigenvalue weighted by Gasteiger charge is 2.26. The van der Waals surface area contributed by atoms with Crippen molar-refractivity contribution in [2.75, 3.05) is 49.6 Å². The first-order chi connectivity index (χ1) is 16.5. The van der Waals surface area contributed by atoms with Crippen LogP contribution in [0.3, 0.4) is 0 Å². The van der Waals surface area contributed by atoms with Gasteiger partial charge in [0.25, 0.3) is 5.91 Å². The number of carbonyl (C=O) groups excluding carboxylic acids is 1. The van der Waals surface area contributed by atoms with Crippen molar-refractivity contribution >= 4 is 28.5 Å². The summed E-state index contributed by atoms with van der Waals surface area (Å²) in [6, 6.07) is 11.4. The van der Waals surface area contributed by atoms with Crippen molar-refractivity contribution in [1.82, 2.24) is 15.1 Å². The number of rotatable bonds is 4. The lowest BCUT2D eigenvalue weighted by molar-refractivity contribution is 0.0742. The monoisotopic (exact) mass is 463 g/mol. The van der Waals surface area contributed by atoms with Crippen LogP contribution in [-0.2, 0) is 0 Å². The third-order valence-electron chi connectivity index (χ3n) is 6.80. The zero-order chi connectivity index (χ0) is 23.7. The van der Waals surface area contributed by atoms with Crippen molar-refractivity contribution in [3.63, 3.8) is 0 Å². The molecule has 1 atom stereocenters. The standard InChI is InChI=1S/C25H29N5O4/c1-17-6-3-4-11-30(17)22-10-9-21(26-27-22)28-12-14-29(15-13-28)24(31)19-16-18-7-5-8-20(33-2)23(18)34-25(19)32/h5,7-10,16-17H,3-4,6,11-15H2,1-2H3. The van der Waals surface area contributed by atoms with E-state index in [-0.39, 0.29) is 11.5 Å². The average Bonchev–Trinajstić information content (AvgIpc) is 2.88. The Morgan fingerprint density at radius 1 is 1.03 bits per heavy atom. The second-order valence-corrected chi connectivity index (χ2v) is 8.89. The minimum Gasteiger partial charge on any atom is -0.493 e. The number of piperidine rings is 1. The maximum Gasteiger partial charge on any atom is 0.349 e. The molecule has 178 valence electrons. The number of nitrogens with zero attached hydrogens (tertiary/aromatic N) is 5. The molecule has 0 spiro atoms. The van der Waals surface area contributed by atoms with Gasteiger partial charge >= 0.3 is 5.63 Å².